The van der Waals surface area contributed by atoms with E-state index in [0.717, 1.165) is 36.3 Å². The number of hydrogen-bond acceptors (Lipinski definition) is 6. The minimum atomic E-state index is -0.490. The van der Waals surface area contributed by atoms with Crippen molar-refractivity contribution < 1.29 is 28.9 Å². The number of benzene rings is 1. The number of fused-ring (bicyclic) bond motifs is 3. The summed E-state index contributed by atoms with van der Waals surface area (Å²) < 4.78 is 17.4. The summed E-state index contributed by atoms with van der Waals surface area (Å²) in [4.78, 5) is 24.8. The number of rotatable bonds is 7. The van der Waals surface area contributed by atoms with Crippen LogP contribution < -0.4 is 15.4 Å². The van der Waals surface area contributed by atoms with Crippen LogP contribution in [0.4, 0.5) is 5.69 Å². The summed E-state index contributed by atoms with van der Waals surface area (Å²) in [6, 6.07) is 5.67. The van der Waals surface area contributed by atoms with Crippen LogP contribution in [0.3, 0.4) is 0 Å². The standard InChI is InChI=1S/C23H32N2O6/c1-2-7-24-21(27)12-16-11-18-17-10-15(25-23(28)14-5-8-29-9-6-14)3-4-19(17)31-22(18)20(13-26)30-16/h3-4,10,14,16,18,20,22,26H,2,5-9,11-13H2,1H3,(H,24,27)(H,25,28)/t16-,18+,20-,22-/m1/s1. The molecule has 0 spiro atoms. The van der Waals surface area contributed by atoms with Crippen LogP contribution in [0.1, 0.15) is 50.5 Å². The molecular weight excluding hydrogens is 400 g/mol. The summed E-state index contributed by atoms with van der Waals surface area (Å²) in [5, 5.41) is 15.8. The first-order chi connectivity index (χ1) is 15.1. The molecule has 0 aliphatic carbocycles. The van der Waals surface area contributed by atoms with E-state index in [2.05, 4.69) is 10.6 Å². The van der Waals surface area contributed by atoms with Crippen molar-refractivity contribution in [1.29, 1.82) is 0 Å². The predicted molar refractivity (Wildman–Crippen MR) is 114 cm³/mol. The molecule has 1 aromatic rings. The van der Waals surface area contributed by atoms with Gasteiger partial charge in [-0.3, -0.25) is 9.59 Å². The van der Waals surface area contributed by atoms with E-state index in [1.807, 2.05) is 25.1 Å². The van der Waals surface area contributed by atoms with E-state index in [9.17, 15) is 14.7 Å². The molecule has 0 unspecified atom stereocenters. The molecule has 4 atom stereocenters. The molecular formula is C23H32N2O6. The van der Waals surface area contributed by atoms with E-state index >= 15 is 0 Å². The Labute approximate surface area is 182 Å². The van der Waals surface area contributed by atoms with Gasteiger partial charge in [0.25, 0.3) is 0 Å². The summed E-state index contributed by atoms with van der Waals surface area (Å²) >= 11 is 0. The maximum atomic E-state index is 12.6. The van der Waals surface area contributed by atoms with E-state index in [-0.39, 0.29) is 48.9 Å². The van der Waals surface area contributed by atoms with Gasteiger partial charge < -0.3 is 30.0 Å². The highest BCUT2D eigenvalue weighted by atomic mass is 16.6. The van der Waals surface area contributed by atoms with E-state index < -0.39 is 6.10 Å². The summed E-state index contributed by atoms with van der Waals surface area (Å²) in [6.45, 7) is 3.72. The van der Waals surface area contributed by atoms with Gasteiger partial charge in [0.2, 0.25) is 11.8 Å². The molecule has 8 nitrogen and oxygen atoms in total. The van der Waals surface area contributed by atoms with Crippen LogP contribution in [-0.4, -0.2) is 61.6 Å². The van der Waals surface area contributed by atoms with Crippen molar-refractivity contribution in [2.24, 2.45) is 5.92 Å². The lowest BCUT2D eigenvalue weighted by Gasteiger charge is -2.37. The summed E-state index contributed by atoms with van der Waals surface area (Å²) in [5.41, 5.74) is 1.74. The summed E-state index contributed by atoms with van der Waals surface area (Å²) in [6.07, 6.45) is 2.17. The van der Waals surface area contributed by atoms with Crippen molar-refractivity contribution in [2.45, 2.75) is 63.3 Å². The molecule has 2 amide bonds. The summed E-state index contributed by atoms with van der Waals surface area (Å²) in [5.74, 6) is 0.698. The fraction of sp³-hybridized carbons (Fsp3) is 0.652. The normalized spacial score (nSPS) is 27.7. The number of aliphatic hydroxyl groups excluding tert-OH is 1. The van der Waals surface area contributed by atoms with E-state index in [1.165, 1.54) is 0 Å². The van der Waals surface area contributed by atoms with Gasteiger partial charge in [0, 0.05) is 42.8 Å². The highest BCUT2D eigenvalue weighted by Gasteiger charge is 2.46. The minimum absolute atomic E-state index is 0.00445. The Balaban J connectivity index is 1.46. The number of hydrogen-bond donors (Lipinski definition) is 3. The van der Waals surface area contributed by atoms with Gasteiger partial charge in [-0.05, 0) is 43.9 Å². The Morgan fingerprint density at radius 2 is 2.03 bits per heavy atom. The van der Waals surface area contributed by atoms with Crippen LogP contribution in [0, 0.1) is 5.92 Å². The smallest absolute Gasteiger partial charge is 0.227 e. The number of nitrogens with one attached hydrogen (secondary N) is 2. The molecule has 8 heteroatoms. The molecule has 3 aliphatic heterocycles. The molecule has 0 aromatic heterocycles. The number of amides is 2. The molecule has 170 valence electrons. The first kappa shape index (κ1) is 22.0. The zero-order chi connectivity index (χ0) is 21.8. The van der Waals surface area contributed by atoms with Crippen molar-refractivity contribution in [3.8, 4) is 5.75 Å². The molecule has 2 fully saturated rings. The maximum absolute atomic E-state index is 12.6. The lowest BCUT2D eigenvalue weighted by atomic mass is 9.84. The Hall–Kier alpha value is -2.16. The molecule has 1 aromatic carbocycles. The Morgan fingerprint density at radius 3 is 2.77 bits per heavy atom. The Kier molecular flexibility index (Phi) is 7.09. The molecule has 0 radical (unpaired) electrons. The zero-order valence-electron chi connectivity index (χ0n) is 18.0. The predicted octanol–water partition coefficient (Wildman–Crippen LogP) is 1.96. The largest absolute Gasteiger partial charge is 0.487 e. The maximum Gasteiger partial charge on any atom is 0.227 e. The molecule has 3 heterocycles. The van der Waals surface area contributed by atoms with Crippen LogP contribution in [0.5, 0.6) is 5.75 Å². The molecule has 31 heavy (non-hydrogen) atoms. The van der Waals surface area contributed by atoms with Crippen LogP contribution >= 0.6 is 0 Å². The average molecular weight is 433 g/mol. The van der Waals surface area contributed by atoms with Crippen LogP contribution in [0.2, 0.25) is 0 Å². The van der Waals surface area contributed by atoms with Crippen LogP contribution in [-0.2, 0) is 19.1 Å². The third-order valence-electron chi connectivity index (χ3n) is 6.34. The van der Waals surface area contributed by atoms with E-state index in [1.54, 1.807) is 0 Å². The lowest BCUT2D eigenvalue weighted by Crippen LogP contribution is -2.47. The van der Waals surface area contributed by atoms with Crippen molar-refractivity contribution in [1.82, 2.24) is 5.32 Å². The number of anilines is 1. The van der Waals surface area contributed by atoms with Crippen molar-refractivity contribution in [3.63, 3.8) is 0 Å². The second kappa shape index (κ2) is 9.97. The first-order valence-corrected chi connectivity index (χ1v) is 11.3. The highest BCUT2D eigenvalue weighted by molar-refractivity contribution is 5.92. The van der Waals surface area contributed by atoms with Crippen LogP contribution in [0.15, 0.2) is 18.2 Å². The van der Waals surface area contributed by atoms with Gasteiger partial charge in [-0.15, -0.1) is 0 Å². The number of carbonyl (C=O) groups excluding carboxylic acids is 2. The van der Waals surface area contributed by atoms with Gasteiger partial charge in [0.15, 0.2) is 0 Å². The number of carbonyl (C=O) groups is 2. The fourth-order valence-corrected chi connectivity index (χ4v) is 4.71. The average Bonchev–Trinajstić information content (AvgIpc) is 3.15. The highest BCUT2D eigenvalue weighted by Crippen LogP contribution is 2.47. The second-order valence-electron chi connectivity index (χ2n) is 8.59. The van der Waals surface area contributed by atoms with E-state index in [4.69, 9.17) is 14.2 Å². The van der Waals surface area contributed by atoms with Gasteiger partial charge in [-0.2, -0.15) is 0 Å². The minimum Gasteiger partial charge on any atom is -0.487 e. The fourth-order valence-electron chi connectivity index (χ4n) is 4.71. The third kappa shape index (κ3) is 5.02. The van der Waals surface area contributed by atoms with Crippen molar-refractivity contribution >= 4 is 17.5 Å². The molecule has 2 saturated heterocycles. The zero-order valence-corrected chi connectivity index (χ0v) is 18.0. The van der Waals surface area contributed by atoms with Gasteiger partial charge >= 0.3 is 0 Å². The molecule has 3 aliphatic rings. The lowest BCUT2D eigenvalue weighted by molar-refractivity contribution is -0.142. The summed E-state index contributed by atoms with van der Waals surface area (Å²) in [7, 11) is 0. The number of aliphatic hydroxyl groups is 1. The molecule has 0 bridgehead atoms. The molecule has 3 N–H and O–H groups in total. The third-order valence-corrected chi connectivity index (χ3v) is 6.34. The SMILES string of the molecule is CCCNC(=O)C[C@H]1C[C@H]2c3cc(NC(=O)C4CCOCC4)ccc3O[C@H]2[C@@H](CO)O1. The van der Waals surface area contributed by atoms with E-state index in [0.29, 0.717) is 26.2 Å². The van der Waals surface area contributed by atoms with Gasteiger partial charge in [-0.25, -0.2) is 0 Å². The van der Waals surface area contributed by atoms with Crippen molar-refractivity contribution in [2.75, 3.05) is 31.7 Å². The molecule has 0 saturated carbocycles. The van der Waals surface area contributed by atoms with Crippen LogP contribution in [0.25, 0.3) is 0 Å². The molecule has 4 rings (SSSR count). The quantitative estimate of drug-likeness (QED) is 0.608. The Bertz CT molecular complexity index is 794. The first-order valence-electron chi connectivity index (χ1n) is 11.3. The van der Waals surface area contributed by atoms with Gasteiger partial charge in [0.05, 0.1) is 19.1 Å². The van der Waals surface area contributed by atoms with Gasteiger partial charge in [0.1, 0.15) is 18.0 Å². The van der Waals surface area contributed by atoms with Crippen molar-refractivity contribution in [3.05, 3.63) is 23.8 Å². The Morgan fingerprint density at radius 1 is 1.23 bits per heavy atom. The topological polar surface area (TPSA) is 106 Å². The monoisotopic (exact) mass is 432 g/mol. The second-order valence-corrected chi connectivity index (χ2v) is 8.59. The van der Waals surface area contributed by atoms with Gasteiger partial charge in [-0.1, -0.05) is 6.92 Å². The number of ether oxygens (including phenoxy) is 3.